The van der Waals surface area contributed by atoms with Crippen molar-refractivity contribution in [3.05, 3.63) is 57.2 Å². The lowest BCUT2D eigenvalue weighted by molar-refractivity contribution is -0.384. The second kappa shape index (κ2) is 5.07. The summed E-state index contributed by atoms with van der Waals surface area (Å²) in [6.45, 7) is 0. The normalized spacial score (nSPS) is 10.2. The molecule has 0 aliphatic carbocycles. The van der Waals surface area contributed by atoms with Gasteiger partial charge < -0.3 is 9.73 Å². The van der Waals surface area contributed by atoms with Crippen LogP contribution in [0.1, 0.15) is 10.6 Å². The van der Waals surface area contributed by atoms with Crippen molar-refractivity contribution in [1.82, 2.24) is 0 Å². The van der Waals surface area contributed by atoms with Gasteiger partial charge in [-0.15, -0.1) is 0 Å². The average Bonchev–Trinajstić information content (AvgIpc) is 2.75. The van der Waals surface area contributed by atoms with Gasteiger partial charge in [0.05, 0.1) is 4.92 Å². The fraction of sp³-hybridized carbons (Fsp3) is 0. The fourth-order valence-electron chi connectivity index (χ4n) is 1.39. The Morgan fingerprint density at radius 2 is 2.11 bits per heavy atom. The van der Waals surface area contributed by atoms with E-state index in [0.717, 1.165) is 18.2 Å². The number of rotatable bonds is 3. The van der Waals surface area contributed by atoms with Gasteiger partial charge in [-0.1, -0.05) is 0 Å². The second-order valence-corrected chi connectivity index (χ2v) is 3.85. The van der Waals surface area contributed by atoms with Crippen molar-refractivity contribution in [2.24, 2.45) is 0 Å². The molecule has 0 spiro atoms. The minimum Gasteiger partial charge on any atom is -0.440 e. The summed E-state index contributed by atoms with van der Waals surface area (Å²) in [5.74, 6) is -1.61. The second-order valence-electron chi connectivity index (χ2n) is 3.48. The quantitative estimate of drug-likeness (QED) is 0.692. The largest absolute Gasteiger partial charge is 0.440 e. The van der Waals surface area contributed by atoms with E-state index in [2.05, 4.69) is 5.32 Å². The number of carbonyl (C=O) groups is 1. The molecule has 1 amide bonds. The van der Waals surface area contributed by atoms with Crippen LogP contribution in [-0.4, -0.2) is 10.8 Å². The molecule has 8 heteroatoms. The molecule has 0 radical (unpaired) electrons. The summed E-state index contributed by atoms with van der Waals surface area (Å²) in [4.78, 5) is 21.7. The highest BCUT2D eigenvalue weighted by molar-refractivity contribution is 6.29. The molecule has 98 valence electrons. The Hall–Kier alpha value is -2.41. The number of furan rings is 1. The number of anilines is 1. The molecule has 0 atom stereocenters. The molecule has 1 N–H and O–H groups in total. The third-order valence-corrected chi connectivity index (χ3v) is 2.40. The maximum Gasteiger partial charge on any atom is 0.292 e. The zero-order valence-corrected chi connectivity index (χ0v) is 9.98. The molecule has 0 saturated carbocycles. The third kappa shape index (κ3) is 2.89. The van der Waals surface area contributed by atoms with E-state index in [1.54, 1.807) is 0 Å². The standard InChI is InChI=1S/C11H6ClFN2O4/c12-10-4-3-9(19-10)11(16)14-7-5-6(13)1-2-8(7)15(17)18/h1-5H,(H,14,16). The lowest BCUT2D eigenvalue weighted by Gasteiger charge is -2.04. The molecule has 0 aliphatic heterocycles. The number of benzene rings is 1. The monoisotopic (exact) mass is 284 g/mol. The maximum atomic E-state index is 13.0. The van der Waals surface area contributed by atoms with E-state index >= 15 is 0 Å². The van der Waals surface area contributed by atoms with Crippen molar-refractivity contribution < 1.29 is 18.5 Å². The topological polar surface area (TPSA) is 85.4 Å². The maximum absolute atomic E-state index is 13.0. The number of halogens is 2. The van der Waals surface area contributed by atoms with Gasteiger partial charge in [0.2, 0.25) is 0 Å². The van der Waals surface area contributed by atoms with Crippen LogP contribution in [0.2, 0.25) is 5.22 Å². The number of nitrogens with zero attached hydrogens (tertiary/aromatic N) is 1. The molecule has 0 aliphatic rings. The minimum atomic E-state index is -0.763. The first-order valence-electron chi connectivity index (χ1n) is 4.98. The molecule has 1 heterocycles. The van der Waals surface area contributed by atoms with Crippen molar-refractivity contribution in [3.63, 3.8) is 0 Å². The summed E-state index contributed by atoms with van der Waals surface area (Å²) in [6.07, 6.45) is 0. The number of nitro benzene ring substituents is 1. The van der Waals surface area contributed by atoms with Crippen molar-refractivity contribution in [2.45, 2.75) is 0 Å². The predicted molar refractivity (Wildman–Crippen MR) is 64.7 cm³/mol. The van der Waals surface area contributed by atoms with E-state index < -0.39 is 22.3 Å². The average molecular weight is 285 g/mol. The molecule has 2 aromatic rings. The summed E-state index contributed by atoms with van der Waals surface area (Å²) >= 11 is 5.50. The number of carbonyl (C=O) groups excluding carboxylic acids is 1. The van der Waals surface area contributed by atoms with Crippen molar-refractivity contribution in [2.75, 3.05) is 5.32 Å². The molecule has 1 aromatic heterocycles. The summed E-state index contributed by atoms with van der Waals surface area (Å²) in [5, 5.41) is 12.9. The number of nitrogens with one attached hydrogen (secondary N) is 1. The SMILES string of the molecule is O=C(Nc1cc(F)ccc1[N+](=O)[O-])c1ccc(Cl)o1. The first-order valence-corrected chi connectivity index (χ1v) is 5.36. The summed E-state index contributed by atoms with van der Waals surface area (Å²) in [5.41, 5.74) is -0.685. The number of hydrogen-bond donors (Lipinski definition) is 1. The summed E-state index contributed by atoms with van der Waals surface area (Å²) in [6, 6.07) is 5.37. The Kier molecular flexibility index (Phi) is 3.48. The zero-order chi connectivity index (χ0) is 14.0. The Balaban J connectivity index is 2.30. The van der Waals surface area contributed by atoms with Crippen LogP contribution >= 0.6 is 11.6 Å². The lowest BCUT2D eigenvalue weighted by atomic mass is 10.2. The highest BCUT2D eigenvalue weighted by Gasteiger charge is 2.19. The molecule has 2 rings (SSSR count). The first-order chi connectivity index (χ1) is 8.97. The van der Waals surface area contributed by atoms with Gasteiger partial charge in [-0.25, -0.2) is 4.39 Å². The third-order valence-electron chi connectivity index (χ3n) is 2.20. The van der Waals surface area contributed by atoms with E-state index in [0.29, 0.717) is 0 Å². The van der Waals surface area contributed by atoms with E-state index in [1.165, 1.54) is 12.1 Å². The number of hydrogen-bond acceptors (Lipinski definition) is 4. The van der Waals surface area contributed by atoms with Crippen molar-refractivity contribution in [1.29, 1.82) is 0 Å². The zero-order valence-electron chi connectivity index (χ0n) is 9.22. The molecular formula is C11H6ClFN2O4. The Labute approximate surface area is 110 Å². The molecule has 19 heavy (non-hydrogen) atoms. The van der Waals surface area contributed by atoms with E-state index in [-0.39, 0.29) is 16.7 Å². The fourth-order valence-corrected chi connectivity index (χ4v) is 1.53. The lowest BCUT2D eigenvalue weighted by Crippen LogP contribution is -2.12. The highest BCUT2D eigenvalue weighted by atomic mass is 35.5. The van der Waals surface area contributed by atoms with Crippen LogP contribution < -0.4 is 5.32 Å². The predicted octanol–water partition coefficient (Wildman–Crippen LogP) is 3.23. The Morgan fingerprint density at radius 1 is 1.37 bits per heavy atom. The smallest absolute Gasteiger partial charge is 0.292 e. The van der Waals surface area contributed by atoms with Gasteiger partial charge in [0.1, 0.15) is 11.5 Å². The highest BCUT2D eigenvalue weighted by Crippen LogP contribution is 2.25. The van der Waals surface area contributed by atoms with Gasteiger partial charge in [0, 0.05) is 12.1 Å². The van der Waals surface area contributed by atoms with Gasteiger partial charge in [0.25, 0.3) is 11.6 Å². The molecule has 0 fully saturated rings. The van der Waals surface area contributed by atoms with Gasteiger partial charge in [-0.05, 0) is 29.8 Å². The minimum absolute atomic E-state index is 0.00103. The van der Waals surface area contributed by atoms with Crippen LogP contribution in [0.5, 0.6) is 0 Å². The molecular weight excluding hydrogens is 279 g/mol. The van der Waals surface area contributed by atoms with Crippen molar-refractivity contribution >= 4 is 28.9 Å². The van der Waals surface area contributed by atoms with Crippen LogP contribution in [0.25, 0.3) is 0 Å². The first kappa shape index (κ1) is 13.0. The number of amides is 1. The summed E-state index contributed by atoms with van der Waals surface area (Å²) in [7, 11) is 0. The van der Waals surface area contributed by atoms with Gasteiger partial charge in [-0.2, -0.15) is 0 Å². The molecule has 0 saturated heterocycles. The van der Waals surface area contributed by atoms with E-state index in [1.807, 2.05) is 0 Å². The molecule has 6 nitrogen and oxygen atoms in total. The van der Waals surface area contributed by atoms with Gasteiger partial charge in [-0.3, -0.25) is 14.9 Å². The number of nitro groups is 1. The Bertz CT molecular complexity index is 656. The molecule has 1 aromatic carbocycles. The van der Waals surface area contributed by atoms with E-state index in [9.17, 15) is 19.3 Å². The van der Waals surface area contributed by atoms with Crippen LogP contribution in [0.3, 0.4) is 0 Å². The summed E-state index contributed by atoms with van der Waals surface area (Å²) < 4.78 is 17.9. The van der Waals surface area contributed by atoms with Crippen molar-refractivity contribution in [3.8, 4) is 0 Å². The van der Waals surface area contributed by atoms with Crippen LogP contribution in [0.4, 0.5) is 15.8 Å². The van der Waals surface area contributed by atoms with Crippen LogP contribution in [0, 0.1) is 15.9 Å². The molecule has 0 bridgehead atoms. The van der Waals surface area contributed by atoms with E-state index in [4.69, 9.17) is 16.0 Å². The van der Waals surface area contributed by atoms with Crippen LogP contribution in [-0.2, 0) is 0 Å². The van der Waals surface area contributed by atoms with Crippen LogP contribution in [0.15, 0.2) is 34.7 Å². The van der Waals surface area contributed by atoms with Gasteiger partial charge in [0.15, 0.2) is 11.0 Å². The van der Waals surface area contributed by atoms with Gasteiger partial charge >= 0.3 is 0 Å². The Morgan fingerprint density at radius 3 is 2.68 bits per heavy atom. The molecule has 0 unspecified atom stereocenters.